The van der Waals surface area contributed by atoms with Crippen molar-refractivity contribution in [3.63, 3.8) is 0 Å². The lowest BCUT2D eigenvalue weighted by molar-refractivity contribution is -0.0349. The quantitative estimate of drug-likeness (QED) is 0.466. The number of ether oxygens (including phenoxy) is 2. The molecule has 13 heteroatoms. The molecule has 1 fully saturated rings. The van der Waals surface area contributed by atoms with Gasteiger partial charge in [-0.25, -0.2) is 24.5 Å². The number of hydrogen-bond acceptors (Lipinski definition) is 9. The molecule has 1 saturated carbocycles. The number of hydrogen-bond donors (Lipinski definition) is 2. The summed E-state index contributed by atoms with van der Waals surface area (Å²) >= 11 is 12.0. The fourth-order valence-corrected chi connectivity index (χ4v) is 4.01. The second-order valence-electron chi connectivity index (χ2n) is 9.79. The summed E-state index contributed by atoms with van der Waals surface area (Å²) in [5, 5.41) is 21.6. The van der Waals surface area contributed by atoms with E-state index in [1.54, 1.807) is 41.5 Å². The molecule has 33 heavy (non-hydrogen) atoms. The molecule has 2 N–H and O–H groups in total. The Balaban J connectivity index is 1.99. The number of imide groups is 1. The second-order valence-corrected chi connectivity index (χ2v) is 10.5. The van der Waals surface area contributed by atoms with Gasteiger partial charge in [-0.05, 0) is 59.6 Å². The summed E-state index contributed by atoms with van der Waals surface area (Å²) in [7, 11) is 0. The number of carbonyl (C=O) groups excluding carboxylic acids is 2. The van der Waals surface area contributed by atoms with Gasteiger partial charge < -0.3 is 24.3 Å². The first-order valence-corrected chi connectivity index (χ1v) is 11.0. The highest BCUT2D eigenvalue weighted by Crippen LogP contribution is 2.37. The number of nitrogens with zero attached hydrogens (tertiary/aromatic N) is 5. The Kier molecular flexibility index (Phi) is 6.82. The molecule has 2 aromatic heterocycles. The van der Waals surface area contributed by atoms with E-state index in [1.807, 2.05) is 0 Å². The average molecular weight is 504 g/mol. The molecule has 0 aromatic carbocycles. The SMILES string of the molecule is CC(C)(C)OC(=O)N(C(=O)OC(C)(C)C)[C@H]1CC(n2cnc3c(Cl)nc(Cl)nc32)[C@H](O)[C@@H]1O. The minimum atomic E-state index is -1.50. The first-order valence-electron chi connectivity index (χ1n) is 10.3. The molecule has 11 nitrogen and oxygen atoms in total. The van der Waals surface area contributed by atoms with E-state index in [2.05, 4.69) is 15.0 Å². The van der Waals surface area contributed by atoms with Gasteiger partial charge in [0.2, 0.25) is 5.28 Å². The first kappa shape index (κ1) is 25.4. The summed E-state index contributed by atoms with van der Waals surface area (Å²) in [5.41, 5.74) is -1.34. The van der Waals surface area contributed by atoms with Crippen molar-refractivity contribution in [1.82, 2.24) is 24.4 Å². The molecule has 1 aliphatic rings. The standard InChI is InChI=1S/C20H27Cl2N5O6/c1-19(2,3)32-17(30)27(18(31)33-20(4,5)6)10-7-9(12(28)13(10)29)26-8-23-11-14(21)24-16(22)25-15(11)26/h8-10,12-13,28-29H,7H2,1-6H3/t9?,10-,12-,13+/m0/s1. The van der Waals surface area contributed by atoms with E-state index in [9.17, 15) is 19.8 Å². The lowest BCUT2D eigenvalue weighted by atomic mass is 10.1. The molecule has 1 unspecified atom stereocenters. The summed E-state index contributed by atoms with van der Waals surface area (Å²) in [6.45, 7) is 9.87. The van der Waals surface area contributed by atoms with Crippen molar-refractivity contribution in [3.05, 3.63) is 16.8 Å². The maximum atomic E-state index is 13.0. The normalized spacial score (nSPS) is 23.6. The van der Waals surface area contributed by atoms with Gasteiger partial charge >= 0.3 is 12.2 Å². The fraction of sp³-hybridized carbons (Fsp3) is 0.650. The molecule has 0 spiro atoms. The van der Waals surface area contributed by atoms with Crippen molar-refractivity contribution in [1.29, 1.82) is 0 Å². The molecule has 1 aliphatic carbocycles. The number of aliphatic hydroxyl groups is 2. The number of carbonyl (C=O) groups is 2. The summed E-state index contributed by atoms with van der Waals surface area (Å²) < 4.78 is 12.2. The van der Waals surface area contributed by atoms with E-state index in [0.29, 0.717) is 4.90 Å². The van der Waals surface area contributed by atoms with E-state index >= 15 is 0 Å². The number of fused-ring (bicyclic) bond motifs is 1. The van der Waals surface area contributed by atoms with Gasteiger partial charge in [-0.1, -0.05) is 11.6 Å². The molecule has 182 valence electrons. The fourth-order valence-electron chi connectivity index (χ4n) is 3.59. The van der Waals surface area contributed by atoms with Crippen molar-refractivity contribution in [2.75, 3.05) is 0 Å². The van der Waals surface area contributed by atoms with Crippen LogP contribution < -0.4 is 0 Å². The molecule has 2 amide bonds. The van der Waals surface area contributed by atoms with Crippen LogP contribution in [0.2, 0.25) is 10.4 Å². The highest BCUT2D eigenvalue weighted by Gasteiger charge is 2.50. The van der Waals surface area contributed by atoms with E-state index in [1.165, 1.54) is 10.9 Å². The van der Waals surface area contributed by atoms with Gasteiger partial charge in [0.25, 0.3) is 0 Å². The number of halogens is 2. The van der Waals surface area contributed by atoms with Gasteiger partial charge in [0, 0.05) is 0 Å². The summed E-state index contributed by atoms with van der Waals surface area (Å²) in [4.78, 5) is 38.7. The lowest BCUT2D eigenvalue weighted by Crippen LogP contribution is -2.52. The molecule has 0 aliphatic heterocycles. The zero-order valence-corrected chi connectivity index (χ0v) is 20.6. The van der Waals surface area contributed by atoms with Crippen LogP contribution in [0.15, 0.2) is 6.33 Å². The number of aromatic nitrogens is 4. The summed E-state index contributed by atoms with van der Waals surface area (Å²) in [6, 6.07) is -1.97. The molecule has 0 radical (unpaired) electrons. The predicted molar refractivity (Wildman–Crippen MR) is 119 cm³/mol. The molecule has 0 bridgehead atoms. The van der Waals surface area contributed by atoms with Crippen LogP contribution >= 0.6 is 23.2 Å². The third-order valence-electron chi connectivity index (χ3n) is 4.84. The number of rotatable bonds is 2. The van der Waals surface area contributed by atoms with E-state index < -0.39 is 47.7 Å². The largest absolute Gasteiger partial charge is 0.443 e. The van der Waals surface area contributed by atoms with E-state index in [0.717, 1.165) is 0 Å². The Hall–Kier alpha value is -2.21. The van der Waals surface area contributed by atoms with Gasteiger partial charge in [0.1, 0.15) is 28.9 Å². The van der Waals surface area contributed by atoms with Crippen molar-refractivity contribution in [2.45, 2.75) is 83.5 Å². The Morgan fingerprint density at radius 1 is 1.03 bits per heavy atom. The third kappa shape index (κ3) is 5.48. The third-order valence-corrected chi connectivity index (χ3v) is 5.27. The van der Waals surface area contributed by atoms with Gasteiger partial charge in [-0.3, -0.25) is 0 Å². The monoisotopic (exact) mass is 503 g/mol. The molecule has 3 rings (SSSR count). The minimum absolute atomic E-state index is 0.0254. The Morgan fingerprint density at radius 3 is 2.09 bits per heavy atom. The van der Waals surface area contributed by atoms with Gasteiger partial charge in [-0.15, -0.1) is 0 Å². The van der Waals surface area contributed by atoms with Gasteiger partial charge in [0.15, 0.2) is 10.8 Å². The second kappa shape index (κ2) is 8.86. The van der Waals surface area contributed by atoms with Gasteiger partial charge in [-0.2, -0.15) is 4.98 Å². The molecule has 0 saturated heterocycles. The zero-order valence-electron chi connectivity index (χ0n) is 19.1. The number of aliphatic hydroxyl groups excluding tert-OH is 2. The van der Waals surface area contributed by atoms with Crippen LogP contribution in [-0.2, 0) is 9.47 Å². The molecular weight excluding hydrogens is 477 g/mol. The summed E-state index contributed by atoms with van der Waals surface area (Å²) in [6.07, 6.45) is -3.55. The summed E-state index contributed by atoms with van der Waals surface area (Å²) in [5.74, 6) is 0. The van der Waals surface area contributed by atoms with Crippen LogP contribution in [0.1, 0.15) is 54.0 Å². The minimum Gasteiger partial charge on any atom is -0.443 e. The molecule has 2 aromatic rings. The van der Waals surface area contributed by atoms with Crippen LogP contribution in [0.4, 0.5) is 9.59 Å². The molecule has 2 heterocycles. The zero-order chi connectivity index (χ0) is 24.9. The van der Waals surface area contributed by atoms with Crippen molar-refractivity contribution in [3.8, 4) is 0 Å². The molecule has 4 atom stereocenters. The van der Waals surface area contributed by atoms with Crippen LogP contribution in [0, 0.1) is 0 Å². The number of amides is 2. The van der Waals surface area contributed by atoms with Crippen LogP contribution in [-0.4, -0.2) is 76.3 Å². The van der Waals surface area contributed by atoms with Gasteiger partial charge in [0.05, 0.1) is 18.4 Å². The van der Waals surface area contributed by atoms with Crippen LogP contribution in [0.25, 0.3) is 11.2 Å². The smallest absolute Gasteiger partial charge is 0.420 e. The number of imidazole rings is 1. The van der Waals surface area contributed by atoms with Crippen LogP contribution in [0.3, 0.4) is 0 Å². The van der Waals surface area contributed by atoms with Crippen molar-refractivity contribution >= 4 is 46.6 Å². The van der Waals surface area contributed by atoms with E-state index in [4.69, 9.17) is 32.7 Å². The maximum absolute atomic E-state index is 13.0. The Bertz CT molecular complexity index is 1040. The first-order chi connectivity index (χ1) is 15.1. The van der Waals surface area contributed by atoms with Crippen molar-refractivity contribution < 1.29 is 29.3 Å². The van der Waals surface area contributed by atoms with E-state index in [-0.39, 0.29) is 28.0 Å². The topological polar surface area (TPSA) is 140 Å². The highest BCUT2D eigenvalue weighted by atomic mass is 35.5. The maximum Gasteiger partial charge on any atom is 0.420 e. The average Bonchev–Trinajstić information content (AvgIpc) is 3.15. The molecular formula is C20H27Cl2N5O6. The van der Waals surface area contributed by atoms with Crippen LogP contribution in [0.5, 0.6) is 0 Å². The predicted octanol–water partition coefficient (Wildman–Crippen LogP) is 3.34. The Labute approximate surface area is 200 Å². The lowest BCUT2D eigenvalue weighted by Gasteiger charge is -2.33. The Morgan fingerprint density at radius 2 is 1.58 bits per heavy atom. The highest BCUT2D eigenvalue weighted by molar-refractivity contribution is 6.35. The van der Waals surface area contributed by atoms with Crippen molar-refractivity contribution in [2.24, 2.45) is 0 Å².